The molecule has 0 bridgehead atoms. The molecule has 1 unspecified atom stereocenters. The summed E-state index contributed by atoms with van der Waals surface area (Å²) >= 11 is 0. The maximum absolute atomic E-state index is 12.0. The summed E-state index contributed by atoms with van der Waals surface area (Å²) in [6.45, 7) is 3.98. The average Bonchev–Trinajstić information content (AvgIpc) is 2.98. The first-order valence-corrected chi connectivity index (χ1v) is 7.93. The van der Waals surface area contributed by atoms with Crippen LogP contribution in [0.3, 0.4) is 0 Å². The number of carbonyl (C=O) groups excluding carboxylic acids is 1. The molecule has 1 aromatic carbocycles. The van der Waals surface area contributed by atoms with Gasteiger partial charge in [0.25, 0.3) is 0 Å². The Bertz CT molecular complexity index is 492. The van der Waals surface area contributed by atoms with Crippen LogP contribution >= 0.6 is 0 Å². The summed E-state index contributed by atoms with van der Waals surface area (Å²) in [5.74, 6) is 0.246. The fourth-order valence-electron chi connectivity index (χ4n) is 3.44. The van der Waals surface area contributed by atoms with Gasteiger partial charge >= 0.3 is 0 Å². The van der Waals surface area contributed by atoms with E-state index in [9.17, 15) is 4.79 Å². The lowest BCUT2D eigenvalue weighted by molar-refractivity contribution is -0.118. The number of carbonyl (C=O) groups is 1. The van der Waals surface area contributed by atoms with Crippen LogP contribution in [-0.4, -0.2) is 25.0 Å². The van der Waals surface area contributed by atoms with Crippen LogP contribution < -0.4 is 10.2 Å². The minimum atomic E-state index is 0.246. The molecule has 2 heterocycles. The topological polar surface area (TPSA) is 32.3 Å². The van der Waals surface area contributed by atoms with Crippen molar-refractivity contribution in [3.05, 3.63) is 29.3 Å². The minimum Gasteiger partial charge on any atom is -0.314 e. The molecule has 0 radical (unpaired) electrons. The molecule has 3 heteroatoms. The monoisotopic (exact) mass is 272 g/mol. The van der Waals surface area contributed by atoms with Crippen molar-refractivity contribution in [2.75, 3.05) is 18.0 Å². The van der Waals surface area contributed by atoms with Gasteiger partial charge < -0.3 is 10.2 Å². The molecule has 2 aliphatic heterocycles. The Kier molecular flexibility index (Phi) is 4.06. The maximum atomic E-state index is 12.0. The highest BCUT2D eigenvalue weighted by Gasteiger charge is 2.22. The van der Waals surface area contributed by atoms with Gasteiger partial charge in [-0.15, -0.1) is 0 Å². The fourth-order valence-corrected chi connectivity index (χ4v) is 3.44. The number of anilines is 1. The molecule has 1 fully saturated rings. The molecule has 3 nitrogen and oxygen atoms in total. The van der Waals surface area contributed by atoms with Crippen LogP contribution in [0.15, 0.2) is 18.2 Å². The van der Waals surface area contributed by atoms with Crippen LogP contribution in [0, 0.1) is 0 Å². The zero-order valence-electron chi connectivity index (χ0n) is 12.3. The Morgan fingerprint density at radius 2 is 2.30 bits per heavy atom. The number of fused-ring (bicyclic) bond motifs is 1. The molecule has 20 heavy (non-hydrogen) atoms. The second kappa shape index (κ2) is 5.96. The molecule has 108 valence electrons. The summed E-state index contributed by atoms with van der Waals surface area (Å²) in [6, 6.07) is 7.33. The lowest BCUT2D eigenvalue weighted by Gasteiger charge is -2.30. The Hall–Kier alpha value is -1.35. The first-order chi connectivity index (χ1) is 9.78. The van der Waals surface area contributed by atoms with Gasteiger partial charge in [-0.3, -0.25) is 4.79 Å². The number of nitrogens with zero attached hydrogens (tertiary/aromatic N) is 1. The van der Waals surface area contributed by atoms with Crippen LogP contribution in [0.25, 0.3) is 0 Å². The standard InChI is InChI=1S/C17H24N2O/c1-2-17(20)19-10-4-5-14-11-13(7-8-16(14)19)12-15-6-3-9-18-15/h7-8,11,15,18H,2-6,9-10,12H2,1H3. The normalized spacial score (nSPS) is 21.9. The van der Waals surface area contributed by atoms with Crippen LogP contribution in [-0.2, 0) is 17.6 Å². The van der Waals surface area contributed by atoms with Crippen LogP contribution in [0.1, 0.15) is 43.7 Å². The highest BCUT2D eigenvalue weighted by Crippen LogP contribution is 2.29. The molecular weight excluding hydrogens is 248 g/mol. The van der Waals surface area contributed by atoms with E-state index in [2.05, 4.69) is 23.5 Å². The van der Waals surface area contributed by atoms with Crippen LogP contribution in [0.5, 0.6) is 0 Å². The minimum absolute atomic E-state index is 0.246. The summed E-state index contributed by atoms with van der Waals surface area (Å²) < 4.78 is 0. The first kappa shape index (κ1) is 13.6. The predicted molar refractivity (Wildman–Crippen MR) is 82.1 cm³/mol. The molecule has 3 rings (SSSR count). The molecule has 1 saturated heterocycles. The summed E-state index contributed by atoms with van der Waals surface area (Å²) in [7, 11) is 0. The van der Waals surface area contributed by atoms with Gasteiger partial charge in [0.15, 0.2) is 0 Å². The predicted octanol–water partition coefficient (Wildman–Crippen LogP) is 2.67. The smallest absolute Gasteiger partial charge is 0.226 e. The van der Waals surface area contributed by atoms with Crippen molar-refractivity contribution in [2.24, 2.45) is 0 Å². The van der Waals surface area contributed by atoms with E-state index >= 15 is 0 Å². The summed E-state index contributed by atoms with van der Waals surface area (Å²) in [4.78, 5) is 14.0. The number of hydrogen-bond donors (Lipinski definition) is 1. The number of hydrogen-bond acceptors (Lipinski definition) is 2. The quantitative estimate of drug-likeness (QED) is 0.917. The largest absolute Gasteiger partial charge is 0.314 e. The third-order valence-corrected chi connectivity index (χ3v) is 4.51. The Balaban J connectivity index is 1.79. The maximum Gasteiger partial charge on any atom is 0.226 e. The second-order valence-corrected chi connectivity index (χ2v) is 5.96. The number of rotatable bonds is 3. The molecule has 1 N–H and O–H groups in total. The van der Waals surface area contributed by atoms with E-state index in [4.69, 9.17) is 0 Å². The van der Waals surface area contributed by atoms with Gasteiger partial charge in [-0.2, -0.15) is 0 Å². The van der Waals surface area contributed by atoms with Crippen molar-refractivity contribution >= 4 is 11.6 Å². The lowest BCUT2D eigenvalue weighted by Crippen LogP contribution is -2.35. The Morgan fingerprint density at radius 1 is 1.40 bits per heavy atom. The zero-order valence-corrected chi connectivity index (χ0v) is 12.3. The van der Waals surface area contributed by atoms with Gasteiger partial charge in [0.05, 0.1) is 0 Å². The summed E-state index contributed by atoms with van der Waals surface area (Å²) in [5, 5.41) is 3.56. The van der Waals surface area contributed by atoms with E-state index in [-0.39, 0.29) is 5.91 Å². The van der Waals surface area contributed by atoms with Crippen LogP contribution in [0.2, 0.25) is 0 Å². The van der Waals surface area contributed by atoms with E-state index in [0.717, 1.165) is 38.0 Å². The van der Waals surface area contributed by atoms with Crippen molar-refractivity contribution < 1.29 is 4.79 Å². The van der Waals surface area contributed by atoms with Gasteiger partial charge in [-0.1, -0.05) is 19.1 Å². The second-order valence-electron chi connectivity index (χ2n) is 5.96. The van der Waals surface area contributed by atoms with E-state index in [1.165, 1.54) is 24.0 Å². The number of nitrogens with one attached hydrogen (secondary N) is 1. The van der Waals surface area contributed by atoms with Crippen molar-refractivity contribution in [1.82, 2.24) is 5.32 Å². The van der Waals surface area contributed by atoms with Crippen molar-refractivity contribution in [1.29, 1.82) is 0 Å². The summed E-state index contributed by atoms with van der Waals surface area (Å²) in [6.07, 6.45) is 6.49. The third-order valence-electron chi connectivity index (χ3n) is 4.51. The van der Waals surface area contributed by atoms with E-state index in [1.54, 1.807) is 0 Å². The van der Waals surface area contributed by atoms with Gasteiger partial charge in [0.1, 0.15) is 0 Å². The van der Waals surface area contributed by atoms with Crippen molar-refractivity contribution in [2.45, 2.75) is 51.5 Å². The third kappa shape index (κ3) is 2.73. The highest BCUT2D eigenvalue weighted by molar-refractivity contribution is 5.94. The van der Waals surface area contributed by atoms with Crippen molar-refractivity contribution in [3.8, 4) is 0 Å². The number of aryl methyl sites for hydroxylation is 1. The van der Waals surface area contributed by atoms with E-state index < -0.39 is 0 Å². The van der Waals surface area contributed by atoms with Gasteiger partial charge in [0.2, 0.25) is 5.91 Å². The molecule has 0 saturated carbocycles. The van der Waals surface area contributed by atoms with E-state index in [1.807, 2.05) is 11.8 Å². The van der Waals surface area contributed by atoms with Gasteiger partial charge in [0, 0.05) is 24.7 Å². The Morgan fingerprint density at radius 3 is 3.05 bits per heavy atom. The molecule has 1 atom stereocenters. The highest BCUT2D eigenvalue weighted by atomic mass is 16.2. The van der Waals surface area contributed by atoms with Gasteiger partial charge in [-0.25, -0.2) is 0 Å². The Labute approximate surface area is 121 Å². The number of benzene rings is 1. The molecule has 1 aromatic rings. The number of amides is 1. The molecule has 0 spiro atoms. The van der Waals surface area contributed by atoms with Crippen LogP contribution in [0.4, 0.5) is 5.69 Å². The lowest BCUT2D eigenvalue weighted by atomic mass is 9.96. The molecular formula is C17H24N2O. The average molecular weight is 272 g/mol. The molecule has 1 amide bonds. The zero-order chi connectivity index (χ0) is 13.9. The molecule has 2 aliphatic rings. The fraction of sp³-hybridized carbons (Fsp3) is 0.588. The van der Waals surface area contributed by atoms with Crippen molar-refractivity contribution in [3.63, 3.8) is 0 Å². The first-order valence-electron chi connectivity index (χ1n) is 7.93. The molecule has 0 aliphatic carbocycles. The van der Waals surface area contributed by atoms with Gasteiger partial charge in [-0.05, 0) is 55.8 Å². The van der Waals surface area contributed by atoms with E-state index in [0.29, 0.717) is 12.5 Å². The SMILES string of the molecule is CCC(=O)N1CCCc2cc(CC3CCCN3)ccc21. The summed E-state index contributed by atoms with van der Waals surface area (Å²) in [5.41, 5.74) is 3.91. The molecule has 0 aromatic heterocycles.